The number of aryl methyl sites for hydroxylation is 1. The van der Waals surface area contributed by atoms with Gasteiger partial charge in [-0.2, -0.15) is 8.42 Å². The van der Waals surface area contributed by atoms with E-state index >= 15 is 0 Å². The number of thioether (sulfide) groups is 1. The van der Waals surface area contributed by atoms with Crippen LogP contribution in [0.1, 0.15) is 72.3 Å². The van der Waals surface area contributed by atoms with E-state index in [1.165, 1.54) is 46.9 Å². The number of benzene rings is 5. The molecule has 0 saturated carbocycles. The standard InChI is InChI=1S/C27H31NO3S.C22H27NOS/c1-22-14-16-26(17-15-22)32(29,30)31-21-23-9-8-18-28(19-23)20-27(24-10-4-2-5-11-24)25-12-6-3-7-13-25;1-18(24)25-17-19-9-8-14-23(15-19)16-22(20-10-4-2-5-11-20)21-12-6-3-7-13-21/h2-7,10-17,23,27H,8-9,18-21H2,1H3;2-7,10-13,19,22H,8-9,14-17H2,1H3. The summed E-state index contributed by atoms with van der Waals surface area (Å²) in [5.74, 6) is 2.49. The van der Waals surface area contributed by atoms with Crippen LogP contribution in [0.2, 0.25) is 0 Å². The number of hydrogen-bond acceptors (Lipinski definition) is 7. The van der Waals surface area contributed by atoms with E-state index < -0.39 is 10.1 Å². The summed E-state index contributed by atoms with van der Waals surface area (Å²) in [5, 5.41) is 0.239. The van der Waals surface area contributed by atoms with E-state index in [1.807, 2.05) is 19.1 Å². The quantitative estimate of drug-likeness (QED) is 0.104. The van der Waals surface area contributed by atoms with E-state index in [4.69, 9.17) is 4.18 Å². The second-order valence-corrected chi connectivity index (χ2v) is 18.5. The van der Waals surface area contributed by atoms with Crippen LogP contribution in [0.3, 0.4) is 0 Å². The molecule has 2 heterocycles. The van der Waals surface area contributed by atoms with E-state index in [0.29, 0.717) is 11.8 Å². The molecule has 2 aliphatic rings. The number of hydrogen-bond donors (Lipinski definition) is 0. The minimum absolute atomic E-state index is 0.205. The third-order valence-corrected chi connectivity index (χ3v) is 13.5. The first-order valence-electron chi connectivity index (χ1n) is 20.5. The topological polar surface area (TPSA) is 66.9 Å². The fourth-order valence-corrected chi connectivity index (χ4v) is 9.88. The zero-order chi connectivity index (χ0) is 39.9. The van der Waals surface area contributed by atoms with Gasteiger partial charge >= 0.3 is 0 Å². The van der Waals surface area contributed by atoms with Gasteiger partial charge in [0, 0.05) is 50.7 Å². The summed E-state index contributed by atoms with van der Waals surface area (Å²) in [6.07, 6.45) is 4.52. The summed E-state index contributed by atoms with van der Waals surface area (Å²) in [6, 6.07) is 49.7. The van der Waals surface area contributed by atoms with Gasteiger partial charge in [0.05, 0.1) is 11.5 Å². The Morgan fingerprint density at radius 3 is 1.46 bits per heavy atom. The van der Waals surface area contributed by atoms with E-state index in [2.05, 4.69) is 119 Å². The molecule has 2 atom stereocenters. The summed E-state index contributed by atoms with van der Waals surface area (Å²) in [6.45, 7) is 9.95. The zero-order valence-corrected chi connectivity index (χ0v) is 35.1. The Morgan fingerprint density at radius 2 is 1.04 bits per heavy atom. The predicted molar refractivity (Wildman–Crippen MR) is 235 cm³/mol. The maximum atomic E-state index is 12.6. The third-order valence-electron chi connectivity index (χ3n) is 11.2. The molecular weight excluding hydrogens is 745 g/mol. The lowest BCUT2D eigenvalue weighted by atomic mass is 9.89. The first-order valence-corrected chi connectivity index (χ1v) is 22.9. The van der Waals surface area contributed by atoms with E-state index in [0.717, 1.165) is 63.4 Å². The average Bonchev–Trinajstić information content (AvgIpc) is 3.25. The van der Waals surface area contributed by atoms with Gasteiger partial charge in [-0.1, -0.05) is 151 Å². The Bertz CT molecular complexity index is 1950. The maximum Gasteiger partial charge on any atom is 0.296 e. The largest absolute Gasteiger partial charge is 0.302 e. The van der Waals surface area contributed by atoms with Crippen LogP contribution >= 0.6 is 11.8 Å². The van der Waals surface area contributed by atoms with Crippen molar-refractivity contribution in [2.24, 2.45) is 11.8 Å². The lowest BCUT2D eigenvalue weighted by Crippen LogP contribution is -2.40. The summed E-state index contributed by atoms with van der Waals surface area (Å²) in [4.78, 5) is 16.5. The van der Waals surface area contributed by atoms with Crippen LogP contribution < -0.4 is 0 Å². The molecule has 0 aliphatic carbocycles. The molecule has 0 aromatic heterocycles. The van der Waals surface area contributed by atoms with E-state index in [9.17, 15) is 13.2 Å². The molecule has 2 unspecified atom stereocenters. The van der Waals surface area contributed by atoms with Crippen molar-refractivity contribution in [3.8, 4) is 0 Å². The highest BCUT2D eigenvalue weighted by Gasteiger charge is 2.27. The van der Waals surface area contributed by atoms with E-state index in [1.54, 1.807) is 31.2 Å². The molecule has 2 saturated heterocycles. The van der Waals surface area contributed by atoms with Crippen molar-refractivity contribution in [3.05, 3.63) is 173 Å². The highest BCUT2D eigenvalue weighted by Crippen LogP contribution is 2.30. The first kappa shape index (κ1) is 42.6. The van der Waals surface area contributed by atoms with Gasteiger partial charge in [0.15, 0.2) is 5.12 Å². The predicted octanol–water partition coefficient (Wildman–Crippen LogP) is 10.1. The van der Waals surface area contributed by atoms with Crippen molar-refractivity contribution < 1.29 is 17.4 Å². The second kappa shape index (κ2) is 21.6. The van der Waals surface area contributed by atoms with Gasteiger partial charge in [-0.3, -0.25) is 8.98 Å². The van der Waals surface area contributed by atoms with Gasteiger partial charge in [0.2, 0.25) is 0 Å². The molecule has 6 nitrogen and oxygen atoms in total. The molecule has 0 amide bonds. The second-order valence-electron chi connectivity index (χ2n) is 15.6. The Hall–Kier alpha value is -4.05. The third kappa shape index (κ3) is 13.2. The Morgan fingerprint density at radius 1 is 0.632 bits per heavy atom. The van der Waals surface area contributed by atoms with Crippen LogP contribution in [0.4, 0.5) is 0 Å². The monoisotopic (exact) mass is 802 g/mol. The van der Waals surface area contributed by atoms with Crippen LogP contribution in [0.5, 0.6) is 0 Å². The van der Waals surface area contributed by atoms with Gasteiger partial charge in [0.25, 0.3) is 10.1 Å². The molecule has 2 fully saturated rings. The molecule has 0 N–H and O–H groups in total. The van der Waals surface area contributed by atoms with Gasteiger partial charge in [0.1, 0.15) is 0 Å². The summed E-state index contributed by atoms with van der Waals surface area (Å²) < 4.78 is 30.6. The van der Waals surface area contributed by atoms with Crippen molar-refractivity contribution in [1.29, 1.82) is 0 Å². The number of carbonyl (C=O) groups excluding carboxylic acids is 1. The summed E-state index contributed by atoms with van der Waals surface area (Å²) in [5.41, 5.74) is 6.40. The van der Waals surface area contributed by atoms with Crippen LogP contribution in [0, 0.1) is 18.8 Å². The highest BCUT2D eigenvalue weighted by atomic mass is 32.2. The molecule has 0 bridgehead atoms. The molecule has 2 aliphatic heterocycles. The average molecular weight is 803 g/mol. The molecule has 0 radical (unpaired) electrons. The number of nitrogens with zero attached hydrogens (tertiary/aromatic N) is 2. The first-order chi connectivity index (χ1) is 27.7. The normalized spacial score (nSPS) is 17.9. The molecule has 0 spiro atoms. The Kier molecular flexibility index (Phi) is 16.2. The van der Waals surface area contributed by atoms with Gasteiger partial charge in [-0.15, -0.1) is 0 Å². The SMILES string of the molecule is CC(=O)SCC1CCCN(CC(c2ccccc2)c2ccccc2)C1.Cc1ccc(S(=O)(=O)OCC2CCCN(CC(c3ccccc3)c3ccccc3)C2)cc1. The maximum absolute atomic E-state index is 12.6. The summed E-state index contributed by atoms with van der Waals surface area (Å²) >= 11 is 1.49. The number of rotatable bonds is 14. The lowest BCUT2D eigenvalue weighted by molar-refractivity contribution is -0.109. The minimum Gasteiger partial charge on any atom is -0.302 e. The minimum atomic E-state index is -3.72. The molecule has 7 rings (SSSR count). The van der Waals surface area contributed by atoms with Gasteiger partial charge in [-0.05, 0) is 91.9 Å². The molecule has 300 valence electrons. The Labute approximate surface area is 345 Å². The molecular formula is C49H58N2O4S2. The lowest BCUT2D eigenvalue weighted by Gasteiger charge is -2.35. The van der Waals surface area contributed by atoms with Crippen LogP contribution in [-0.4, -0.2) is 75.0 Å². The fraction of sp³-hybridized carbons (Fsp3) is 0.367. The van der Waals surface area contributed by atoms with Crippen LogP contribution in [-0.2, 0) is 19.1 Å². The van der Waals surface area contributed by atoms with E-state index in [-0.39, 0.29) is 28.5 Å². The van der Waals surface area contributed by atoms with Crippen molar-refractivity contribution in [3.63, 3.8) is 0 Å². The van der Waals surface area contributed by atoms with Crippen molar-refractivity contribution in [1.82, 2.24) is 9.80 Å². The Balaban J connectivity index is 0.000000199. The highest BCUT2D eigenvalue weighted by molar-refractivity contribution is 8.13. The smallest absolute Gasteiger partial charge is 0.296 e. The zero-order valence-electron chi connectivity index (χ0n) is 33.5. The van der Waals surface area contributed by atoms with Crippen LogP contribution in [0.25, 0.3) is 0 Å². The molecule has 5 aromatic rings. The number of carbonyl (C=O) groups is 1. The van der Waals surface area contributed by atoms with Gasteiger partial charge in [-0.25, -0.2) is 0 Å². The van der Waals surface area contributed by atoms with Crippen molar-refractivity contribution in [2.75, 3.05) is 51.6 Å². The van der Waals surface area contributed by atoms with Gasteiger partial charge < -0.3 is 9.80 Å². The fourth-order valence-electron chi connectivity index (χ4n) is 8.16. The van der Waals surface area contributed by atoms with Crippen molar-refractivity contribution in [2.45, 2.75) is 56.3 Å². The van der Waals surface area contributed by atoms with Crippen molar-refractivity contribution >= 4 is 27.0 Å². The molecule has 8 heteroatoms. The molecule has 5 aromatic carbocycles. The summed E-state index contributed by atoms with van der Waals surface area (Å²) in [7, 11) is -3.72. The molecule has 57 heavy (non-hydrogen) atoms. The van der Waals surface area contributed by atoms with Crippen LogP contribution in [0.15, 0.2) is 150 Å². The number of piperidine rings is 2. The number of likely N-dealkylation sites (tertiary alicyclic amines) is 2.